The van der Waals surface area contributed by atoms with Crippen LogP contribution in [0.2, 0.25) is 0 Å². The van der Waals surface area contributed by atoms with Crippen molar-refractivity contribution < 1.29 is 25.0 Å². The van der Waals surface area contributed by atoms with Crippen LogP contribution in [-0.2, 0) is 9.59 Å². The molecule has 0 radical (unpaired) electrons. The van der Waals surface area contributed by atoms with Crippen molar-refractivity contribution in [2.75, 3.05) is 6.54 Å². The molecule has 4 N–H and O–H groups in total. The Labute approximate surface area is 153 Å². The molecule has 0 atom stereocenters. The van der Waals surface area contributed by atoms with Crippen LogP contribution in [0.3, 0.4) is 0 Å². The van der Waals surface area contributed by atoms with E-state index in [0.717, 1.165) is 44.1 Å². The normalized spacial score (nSPS) is 11.3. The summed E-state index contributed by atoms with van der Waals surface area (Å²) in [4.78, 5) is 21.7. The molecule has 1 amide bonds. The number of aliphatic carboxylic acids is 1. The summed E-state index contributed by atoms with van der Waals surface area (Å²) in [6.45, 7) is 1.59. The zero-order valence-corrected chi connectivity index (χ0v) is 15.2. The van der Waals surface area contributed by atoms with Gasteiger partial charge in [-0.25, -0.2) is 0 Å². The predicted octanol–water partition coefficient (Wildman–Crippen LogP) is 3.20. The molecule has 0 fully saturated rings. The van der Waals surface area contributed by atoms with Crippen molar-refractivity contribution in [3.05, 3.63) is 29.3 Å². The Morgan fingerprint density at radius 1 is 1.04 bits per heavy atom. The highest BCUT2D eigenvalue weighted by atomic mass is 16.4. The largest absolute Gasteiger partial charge is 0.507 e. The van der Waals surface area contributed by atoms with Crippen molar-refractivity contribution in [2.24, 2.45) is 5.16 Å². The number of hydrogen-bond acceptors (Lipinski definition) is 5. The Kier molecular flexibility index (Phi) is 9.82. The van der Waals surface area contributed by atoms with Crippen molar-refractivity contribution in [1.29, 1.82) is 0 Å². The van der Waals surface area contributed by atoms with Gasteiger partial charge in [0.1, 0.15) is 12.3 Å². The Morgan fingerprint density at radius 3 is 2.27 bits per heavy atom. The summed E-state index contributed by atoms with van der Waals surface area (Å²) in [6, 6.07) is 5.21. The van der Waals surface area contributed by atoms with Crippen LogP contribution in [0.4, 0.5) is 0 Å². The van der Waals surface area contributed by atoms with Gasteiger partial charge in [0, 0.05) is 12.0 Å². The van der Waals surface area contributed by atoms with Gasteiger partial charge in [0.05, 0.1) is 5.71 Å². The molecule has 26 heavy (non-hydrogen) atoms. The first kappa shape index (κ1) is 21.5. The lowest BCUT2D eigenvalue weighted by molar-refractivity contribution is -0.137. The van der Waals surface area contributed by atoms with Crippen molar-refractivity contribution in [3.63, 3.8) is 0 Å². The molecule has 0 aliphatic rings. The minimum Gasteiger partial charge on any atom is -0.507 e. The SMILES string of the molecule is Cc1ccc(O)c(C(CCCCCCCCC(=O)NCC(=O)O)=NO)c1. The highest BCUT2D eigenvalue weighted by molar-refractivity contribution is 6.02. The number of amides is 1. The van der Waals surface area contributed by atoms with Gasteiger partial charge in [0.15, 0.2) is 0 Å². The molecule has 144 valence electrons. The molecular weight excluding hydrogens is 336 g/mol. The van der Waals surface area contributed by atoms with E-state index in [-0.39, 0.29) is 18.2 Å². The maximum Gasteiger partial charge on any atom is 0.322 e. The third-order valence-corrected chi connectivity index (χ3v) is 4.09. The van der Waals surface area contributed by atoms with Gasteiger partial charge in [-0.3, -0.25) is 9.59 Å². The van der Waals surface area contributed by atoms with E-state index in [0.29, 0.717) is 24.1 Å². The van der Waals surface area contributed by atoms with Gasteiger partial charge in [-0.1, -0.05) is 42.5 Å². The molecule has 0 unspecified atom stereocenters. The quantitative estimate of drug-likeness (QED) is 0.196. The van der Waals surface area contributed by atoms with Crippen LogP contribution in [-0.4, -0.2) is 39.6 Å². The van der Waals surface area contributed by atoms with E-state index in [1.165, 1.54) is 0 Å². The monoisotopic (exact) mass is 364 g/mol. The highest BCUT2D eigenvalue weighted by Crippen LogP contribution is 2.21. The fourth-order valence-corrected chi connectivity index (χ4v) is 2.67. The summed E-state index contributed by atoms with van der Waals surface area (Å²) in [6.07, 6.45) is 6.42. The number of oxime groups is 1. The summed E-state index contributed by atoms with van der Waals surface area (Å²) < 4.78 is 0. The van der Waals surface area contributed by atoms with E-state index >= 15 is 0 Å². The maximum absolute atomic E-state index is 11.3. The van der Waals surface area contributed by atoms with Gasteiger partial charge in [-0.15, -0.1) is 0 Å². The molecular formula is C19H28N2O5. The lowest BCUT2D eigenvalue weighted by Crippen LogP contribution is -2.28. The number of hydrogen-bond donors (Lipinski definition) is 4. The van der Waals surface area contributed by atoms with E-state index in [2.05, 4.69) is 10.5 Å². The van der Waals surface area contributed by atoms with Crippen molar-refractivity contribution in [2.45, 2.75) is 58.3 Å². The standard InChI is InChI=1S/C19H28N2O5/c1-14-10-11-17(22)15(12-14)16(21-26)8-6-4-2-3-5-7-9-18(23)20-13-19(24)25/h10-12,22,26H,2-9,13H2,1H3,(H,20,23)(H,24,25). The van der Waals surface area contributed by atoms with E-state index < -0.39 is 5.97 Å². The van der Waals surface area contributed by atoms with Gasteiger partial charge in [0.2, 0.25) is 5.91 Å². The molecule has 7 nitrogen and oxygen atoms in total. The molecule has 1 rings (SSSR count). The van der Waals surface area contributed by atoms with Gasteiger partial charge < -0.3 is 20.7 Å². The minimum atomic E-state index is -1.04. The number of benzene rings is 1. The van der Waals surface area contributed by atoms with Gasteiger partial charge in [-0.2, -0.15) is 0 Å². The van der Waals surface area contributed by atoms with Crippen LogP contribution < -0.4 is 5.32 Å². The second kappa shape index (κ2) is 11.9. The summed E-state index contributed by atoms with van der Waals surface area (Å²) in [5.41, 5.74) is 2.05. The van der Waals surface area contributed by atoms with Crippen molar-refractivity contribution >= 4 is 17.6 Å². The molecule has 0 aliphatic carbocycles. The van der Waals surface area contributed by atoms with Crippen LogP contribution in [0.15, 0.2) is 23.4 Å². The number of nitrogens with zero attached hydrogens (tertiary/aromatic N) is 1. The number of carboxylic acids is 1. The first-order valence-electron chi connectivity index (χ1n) is 8.93. The second-order valence-corrected chi connectivity index (χ2v) is 6.36. The smallest absolute Gasteiger partial charge is 0.322 e. The van der Waals surface area contributed by atoms with Crippen molar-refractivity contribution in [1.82, 2.24) is 5.32 Å². The summed E-state index contributed by atoms with van der Waals surface area (Å²) in [7, 11) is 0. The Hall–Kier alpha value is -2.57. The first-order chi connectivity index (χ1) is 12.4. The Balaban J connectivity index is 2.15. The Bertz CT molecular complexity index is 628. The fraction of sp³-hybridized carbons (Fsp3) is 0.526. The second-order valence-electron chi connectivity index (χ2n) is 6.36. The van der Waals surface area contributed by atoms with Crippen LogP contribution in [0, 0.1) is 6.92 Å². The number of nitrogens with one attached hydrogen (secondary N) is 1. The van der Waals surface area contributed by atoms with Crippen LogP contribution in [0.1, 0.15) is 62.5 Å². The van der Waals surface area contributed by atoms with Crippen LogP contribution >= 0.6 is 0 Å². The molecule has 1 aromatic carbocycles. The topological polar surface area (TPSA) is 119 Å². The lowest BCUT2D eigenvalue weighted by atomic mass is 10.00. The molecule has 0 spiro atoms. The van der Waals surface area contributed by atoms with E-state index in [1.54, 1.807) is 18.2 Å². The number of unbranched alkanes of at least 4 members (excludes halogenated alkanes) is 5. The third kappa shape index (κ3) is 8.50. The Morgan fingerprint density at radius 2 is 1.65 bits per heavy atom. The maximum atomic E-state index is 11.3. The van der Waals surface area contributed by atoms with Crippen LogP contribution in [0.5, 0.6) is 5.75 Å². The predicted molar refractivity (Wildman–Crippen MR) is 98.7 cm³/mol. The average molecular weight is 364 g/mol. The number of phenols is 1. The number of rotatable bonds is 12. The molecule has 0 aliphatic heterocycles. The van der Waals surface area contributed by atoms with E-state index in [4.69, 9.17) is 5.11 Å². The summed E-state index contributed by atoms with van der Waals surface area (Å²) in [5, 5.41) is 33.2. The molecule has 0 saturated carbocycles. The summed E-state index contributed by atoms with van der Waals surface area (Å²) >= 11 is 0. The number of aryl methyl sites for hydroxylation is 1. The van der Waals surface area contributed by atoms with E-state index in [9.17, 15) is 19.9 Å². The molecule has 0 saturated heterocycles. The van der Waals surface area contributed by atoms with Gasteiger partial charge >= 0.3 is 5.97 Å². The lowest BCUT2D eigenvalue weighted by Gasteiger charge is -2.08. The molecule has 0 aromatic heterocycles. The molecule has 0 bridgehead atoms. The molecule has 0 heterocycles. The minimum absolute atomic E-state index is 0.115. The molecule has 1 aromatic rings. The van der Waals surface area contributed by atoms with Gasteiger partial charge in [0.25, 0.3) is 0 Å². The van der Waals surface area contributed by atoms with Crippen LogP contribution in [0.25, 0.3) is 0 Å². The summed E-state index contributed by atoms with van der Waals surface area (Å²) in [5.74, 6) is -1.15. The zero-order valence-electron chi connectivity index (χ0n) is 15.2. The number of carboxylic acid groups (broad SMARTS) is 1. The average Bonchev–Trinajstić information content (AvgIpc) is 2.61. The third-order valence-electron chi connectivity index (χ3n) is 4.09. The highest BCUT2D eigenvalue weighted by Gasteiger charge is 2.10. The number of phenolic OH excluding ortho intramolecular Hbond substituents is 1. The van der Waals surface area contributed by atoms with Gasteiger partial charge in [-0.05, 0) is 38.3 Å². The van der Waals surface area contributed by atoms with E-state index in [1.807, 2.05) is 6.92 Å². The fourth-order valence-electron chi connectivity index (χ4n) is 2.67. The van der Waals surface area contributed by atoms with Crippen molar-refractivity contribution in [3.8, 4) is 5.75 Å². The zero-order chi connectivity index (χ0) is 19.4. The number of carbonyl (C=O) groups is 2. The first-order valence-corrected chi connectivity index (χ1v) is 8.93. The number of carbonyl (C=O) groups excluding carboxylic acids is 1. The number of aromatic hydroxyl groups is 1. The molecule has 7 heteroatoms.